The van der Waals surface area contributed by atoms with Crippen LogP contribution in [0.4, 0.5) is 0 Å². The van der Waals surface area contributed by atoms with Crippen molar-refractivity contribution in [2.45, 2.75) is 30.2 Å². The van der Waals surface area contributed by atoms with Gasteiger partial charge >= 0.3 is 0 Å². The molecule has 0 saturated heterocycles. The number of hydrogen-bond acceptors (Lipinski definition) is 8. The summed E-state index contributed by atoms with van der Waals surface area (Å²) < 4.78 is 23.8. The molecule has 1 aromatic rings. The van der Waals surface area contributed by atoms with Crippen LogP contribution in [0.2, 0.25) is 0 Å². The molecule has 0 bridgehead atoms. The Hall–Kier alpha value is -1.36. The maximum absolute atomic E-state index is 11.9. The first-order chi connectivity index (χ1) is 10.2. The molecule has 0 amide bonds. The molecule has 4 atom stereocenters. The van der Waals surface area contributed by atoms with E-state index in [0.717, 1.165) is 0 Å². The number of sulfone groups is 1. The minimum absolute atomic E-state index is 0.313. The second-order valence-corrected chi connectivity index (χ2v) is 6.66. The molecule has 0 aromatic heterocycles. The molecule has 0 spiro atoms. The lowest BCUT2D eigenvalue weighted by molar-refractivity contribution is -0.140. The van der Waals surface area contributed by atoms with Crippen molar-refractivity contribution in [3.05, 3.63) is 35.9 Å². The molecule has 0 fully saturated rings. The molecule has 0 unspecified atom stereocenters. The van der Waals surface area contributed by atoms with Gasteiger partial charge in [-0.05, 0) is 5.56 Å². The number of carbonyl (C=O) groups is 1. The molecule has 0 heterocycles. The maximum Gasteiger partial charge on any atom is 0.277 e. The molecule has 0 aliphatic rings. The molecule has 124 valence electrons. The third-order valence-electron chi connectivity index (χ3n) is 3.00. The maximum atomic E-state index is 11.9. The monoisotopic (exact) mass is 334 g/mol. The van der Waals surface area contributed by atoms with Crippen molar-refractivity contribution < 1.29 is 38.7 Å². The molecule has 22 heavy (non-hydrogen) atoms. The molecule has 5 N–H and O–H groups in total. The first-order valence-corrected chi connectivity index (χ1v) is 7.99. The van der Waals surface area contributed by atoms with Crippen LogP contribution in [0.15, 0.2) is 30.3 Å². The molecular weight excluding hydrogens is 316 g/mol. The van der Waals surface area contributed by atoms with Gasteiger partial charge in [-0.15, -0.1) is 0 Å². The lowest BCUT2D eigenvalue weighted by Gasteiger charge is -2.24. The van der Waals surface area contributed by atoms with Crippen LogP contribution in [-0.4, -0.2) is 70.1 Å². The average Bonchev–Trinajstić information content (AvgIpc) is 2.51. The van der Waals surface area contributed by atoms with Crippen molar-refractivity contribution in [3.63, 3.8) is 0 Å². The van der Waals surface area contributed by atoms with E-state index in [0.29, 0.717) is 5.56 Å². The quantitative estimate of drug-likeness (QED) is 0.369. The van der Waals surface area contributed by atoms with Gasteiger partial charge in [0, 0.05) is 0 Å². The number of benzene rings is 1. The van der Waals surface area contributed by atoms with Crippen molar-refractivity contribution >= 4 is 15.0 Å². The highest BCUT2D eigenvalue weighted by Gasteiger charge is 2.39. The van der Waals surface area contributed by atoms with Gasteiger partial charge in [-0.1, -0.05) is 30.3 Å². The van der Waals surface area contributed by atoms with E-state index in [1.807, 2.05) is 0 Å². The molecule has 1 aromatic carbocycles. The van der Waals surface area contributed by atoms with Gasteiger partial charge in [0.2, 0.25) is 9.84 Å². The van der Waals surface area contributed by atoms with Crippen LogP contribution in [0.1, 0.15) is 5.56 Å². The summed E-state index contributed by atoms with van der Waals surface area (Å²) in [5, 5.41) is 44.6. The van der Waals surface area contributed by atoms with Gasteiger partial charge in [-0.25, -0.2) is 8.42 Å². The Morgan fingerprint density at radius 3 is 2.05 bits per heavy atom. The zero-order chi connectivity index (χ0) is 16.9. The predicted octanol–water partition coefficient (Wildman–Crippen LogP) is -2.44. The van der Waals surface area contributed by atoms with Crippen LogP contribution in [0.3, 0.4) is 0 Å². The Morgan fingerprint density at radius 1 is 1.00 bits per heavy atom. The Kier molecular flexibility index (Phi) is 6.60. The van der Waals surface area contributed by atoms with Gasteiger partial charge < -0.3 is 25.5 Å². The zero-order valence-electron chi connectivity index (χ0n) is 11.5. The Labute approximate surface area is 127 Å². The van der Waals surface area contributed by atoms with E-state index in [1.165, 1.54) is 12.1 Å². The molecule has 0 saturated carbocycles. The molecular formula is C13H18O8S. The van der Waals surface area contributed by atoms with E-state index in [-0.39, 0.29) is 0 Å². The van der Waals surface area contributed by atoms with E-state index in [1.54, 1.807) is 18.2 Å². The molecule has 8 nitrogen and oxygen atoms in total. The fourth-order valence-corrected chi connectivity index (χ4v) is 2.99. The molecule has 0 aliphatic heterocycles. The summed E-state index contributed by atoms with van der Waals surface area (Å²) in [6.07, 6.45) is -8.59. The van der Waals surface area contributed by atoms with Crippen LogP contribution < -0.4 is 0 Å². The highest BCUT2D eigenvalue weighted by atomic mass is 32.2. The van der Waals surface area contributed by atoms with Gasteiger partial charge in [0.25, 0.3) is 5.12 Å². The molecule has 0 aliphatic carbocycles. The second-order valence-electron chi connectivity index (χ2n) is 4.74. The summed E-state index contributed by atoms with van der Waals surface area (Å²) in [6.45, 7) is -0.935. The van der Waals surface area contributed by atoms with Crippen LogP contribution in [0.5, 0.6) is 0 Å². The molecule has 1 rings (SSSR count). The SMILES string of the molecule is O=C([C@H](O)[C@@H](O)[C@@H](O)[C@H](O)CO)S(=O)(=O)Cc1ccccc1. The lowest BCUT2D eigenvalue weighted by atomic mass is 10.0. The standard InChI is InChI=1S/C13H18O8S/c14-6-9(15)10(16)11(17)12(18)13(19)22(20,21)7-8-4-2-1-3-5-8/h1-5,9-12,14-18H,6-7H2/t9-,10+,11+,12-/m1/s1. The number of hydrogen-bond donors (Lipinski definition) is 5. The average molecular weight is 334 g/mol. The minimum atomic E-state index is -4.43. The van der Waals surface area contributed by atoms with Gasteiger partial charge in [0.1, 0.15) is 18.3 Å². The molecule has 9 heteroatoms. The van der Waals surface area contributed by atoms with E-state index in [4.69, 9.17) is 10.2 Å². The van der Waals surface area contributed by atoms with Gasteiger partial charge in [0.15, 0.2) is 6.10 Å². The van der Waals surface area contributed by atoms with Crippen molar-refractivity contribution in [2.24, 2.45) is 0 Å². The van der Waals surface area contributed by atoms with Crippen LogP contribution in [0.25, 0.3) is 0 Å². The van der Waals surface area contributed by atoms with Gasteiger partial charge in [0.05, 0.1) is 12.4 Å². The van der Waals surface area contributed by atoms with E-state index >= 15 is 0 Å². The third kappa shape index (κ3) is 4.57. The predicted molar refractivity (Wildman–Crippen MR) is 75.2 cm³/mol. The Bertz CT molecular complexity index is 585. The van der Waals surface area contributed by atoms with E-state index in [2.05, 4.69) is 0 Å². The summed E-state index contributed by atoms with van der Waals surface area (Å²) in [5.41, 5.74) is 0.313. The van der Waals surface area contributed by atoms with Gasteiger partial charge in [-0.3, -0.25) is 4.79 Å². The fraction of sp³-hybridized carbons (Fsp3) is 0.462. The number of aliphatic hydroxyl groups excluding tert-OH is 5. The number of aliphatic hydroxyl groups is 5. The van der Waals surface area contributed by atoms with Crippen molar-refractivity contribution in [2.75, 3.05) is 6.61 Å². The van der Waals surface area contributed by atoms with Crippen molar-refractivity contribution in [1.82, 2.24) is 0 Å². The topological polar surface area (TPSA) is 152 Å². The lowest BCUT2D eigenvalue weighted by Crippen LogP contribution is -2.50. The smallest absolute Gasteiger partial charge is 0.277 e. The zero-order valence-corrected chi connectivity index (χ0v) is 12.3. The highest BCUT2D eigenvalue weighted by Crippen LogP contribution is 2.13. The van der Waals surface area contributed by atoms with Gasteiger partial charge in [-0.2, -0.15) is 0 Å². The fourth-order valence-electron chi connectivity index (χ4n) is 1.71. The number of rotatable bonds is 7. The number of carbonyl (C=O) groups excluding carboxylic acids is 1. The van der Waals surface area contributed by atoms with Crippen LogP contribution >= 0.6 is 0 Å². The minimum Gasteiger partial charge on any atom is -0.394 e. The summed E-state index contributed by atoms with van der Waals surface area (Å²) >= 11 is 0. The molecule has 0 radical (unpaired) electrons. The van der Waals surface area contributed by atoms with Crippen molar-refractivity contribution in [3.8, 4) is 0 Å². The second kappa shape index (κ2) is 7.77. The van der Waals surface area contributed by atoms with Crippen molar-refractivity contribution in [1.29, 1.82) is 0 Å². The Morgan fingerprint density at radius 2 is 1.55 bits per heavy atom. The summed E-state index contributed by atoms with van der Waals surface area (Å²) in [5.74, 6) is -0.672. The summed E-state index contributed by atoms with van der Waals surface area (Å²) in [7, 11) is -4.43. The highest BCUT2D eigenvalue weighted by molar-refractivity contribution is 8.05. The summed E-state index contributed by atoms with van der Waals surface area (Å²) in [6, 6.07) is 7.74. The Balaban J connectivity index is 2.85. The first-order valence-electron chi connectivity index (χ1n) is 6.34. The van der Waals surface area contributed by atoms with Crippen LogP contribution in [-0.2, 0) is 20.4 Å². The third-order valence-corrected chi connectivity index (χ3v) is 4.57. The normalized spacial score (nSPS) is 17.5. The summed E-state index contributed by atoms with van der Waals surface area (Å²) in [4.78, 5) is 11.8. The van der Waals surface area contributed by atoms with E-state index < -0.39 is 51.7 Å². The first kappa shape index (κ1) is 18.7. The largest absolute Gasteiger partial charge is 0.394 e. The van der Waals surface area contributed by atoms with Crippen LogP contribution in [0, 0.1) is 0 Å². The van der Waals surface area contributed by atoms with E-state index in [9.17, 15) is 28.5 Å².